The van der Waals surface area contributed by atoms with Gasteiger partial charge in [-0.05, 0) is 32.0 Å². The van der Waals surface area contributed by atoms with Crippen LogP contribution in [0.1, 0.15) is 25.5 Å². The van der Waals surface area contributed by atoms with Crippen molar-refractivity contribution >= 4 is 28.3 Å². The number of nitrogens with one attached hydrogen (secondary N) is 2. The van der Waals surface area contributed by atoms with Crippen LogP contribution in [0.2, 0.25) is 0 Å². The molecule has 2 N–H and O–H groups in total. The molecule has 0 saturated carbocycles. The smallest absolute Gasteiger partial charge is 0.224 e. The zero-order chi connectivity index (χ0) is 13.1. The highest BCUT2D eigenvalue weighted by atomic mass is 16.2. The van der Waals surface area contributed by atoms with Crippen LogP contribution in [0.25, 0.3) is 10.9 Å². The number of amides is 1. The molecule has 0 radical (unpaired) electrons. The second-order valence-electron chi connectivity index (χ2n) is 4.47. The molecular formula is C14H16N2O2. The van der Waals surface area contributed by atoms with Crippen LogP contribution in [0.3, 0.4) is 0 Å². The molecule has 0 unspecified atom stereocenters. The third-order valence-electron chi connectivity index (χ3n) is 2.78. The van der Waals surface area contributed by atoms with Gasteiger partial charge in [0.05, 0.1) is 5.69 Å². The maximum Gasteiger partial charge on any atom is 0.224 e. The number of aromatic amines is 1. The summed E-state index contributed by atoms with van der Waals surface area (Å²) in [6, 6.07) is 7.71. The van der Waals surface area contributed by atoms with Gasteiger partial charge >= 0.3 is 0 Å². The number of fused-ring (bicyclic) bond motifs is 1. The zero-order valence-corrected chi connectivity index (χ0v) is 10.5. The summed E-state index contributed by atoms with van der Waals surface area (Å²) in [5.74, 6) is -0.0996. The van der Waals surface area contributed by atoms with Gasteiger partial charge in [0.1, 0.15) is 5.78 Å². The molecule has 94 valence electrons. The minimum Gasteiger partial charge on any atom is -0.359 e. The van der Waals surface area contributed by atoms with Crippen LogP contribution in [0.15, 0.2) is 24.3 Å². The Balaban J connectivity index is 2.16. The van der Waals surface area contributed by atoms with Gasteiger partial charge in [0.25, 0.3) is 0 Å². The van der Waals surface area contributed by atoms with Crippen molar-refractivity contribution in [3.63, 3.8) is 0 Å². The number of hydrogen-bond donors (Lipinski definition) is 2. The first kappa shape index (κ1) is 12.4. The van der Waals surface area contributed by atoms with E-state index in [1.807, 2.05) is 31.2 Å². The molecule has 2 aromatic rings. The van der Waals surface area contributed by atoms with Crippen LogP contribution in [0, 0.1) is 6.92 Å². The standard InChI is InChI=1S/C14H16N2O2/c1-9-8-11-12(15-9)4-3-5-13(11)16-14(18)7-6-10(2)17/h3-5,8,15H,6-7H2,1-2H3,(H,16,18). The van der Waals surface area contributed by atoms with Crippen LogP contribution in [0.4, 0.5) is 5.69 Å². The number of ketones is 1. The average molecular weight is 244 g/mol. The molecule has 4 heteroatoms. The van der Waals surface area contributed by atoms with Gasteiger partial charge in [0, 0.05) is 29.4 Å². The lowest BCUT2D eigenvalue weighted by Crippen LogP contribution is -2.12. The van der Waals surface area contributed by atoms with E-state index in [4.69, 9.17) is 0 Å². The van der Waals surface area contributed by atoms with E-state index in [0.29, 0.717) is 0 Å². The van der Waals surface area contributed by atoms with Crippen molar-refractivity contribution < 1.29 is 9.59 Å². The van der Waals surface area contributed by atoms with Crippen LogP contribution in [0.5, 0.6) is 0 Å². The Kier molecular flexibility index (Phi) is 3.46. The molecule has 1 heterocycles. The lowest BCUT2D eigenvalue weighted by Gasteiger charge is -2.05. The number of aromatic nitrogens is 1. The summed E-state index contributed by atoms with van der Waals surface area (Å²) in [4.78, 5) is 25.7. The summed E-state index contributed by atoms with van der Waals surface area (Å²) in [6.45, 7) is 3.46. The predicted molar refractivity (Wildman–Crippen MR) is 71.6 cm³/mol. The molecule has 18 heavy (non-hydrogen) atoms. The Hall–Kier alpha value is -2.10. The highest BCUT2D eigenvalue weighted by Crippen LogP contribution is 2.24. The normalized spacial score (nSPS) is 10.6. The number of benzene rings is 1. The van der Waals surface area contributed by atoms with E-state index < -0.39 is 0 Å². The highest BCUT2D eigenvalue weighted by molar-refractivity contribution is 6.02. The van der Waals surface area contributed by atoms with Crippen LogP contribution >= 0.6 is 0 Å². The molecule has 0 bridgehead atoms. The fourth-order valence-electron chi connectivity index (χ4n) is 1.91. The van der Waals surface area contributed by atoms with E-state index in [0.717, 1.165) is 22.3 Å². The topological polar surface area (TPSA) is 62.0 Å². The molecule has 1 aromatic carbocycles. The molecule has 0 spiro atoms. The molecule has 0 aliphatic heterocycles. The maximum absolute atomic E-state index is 11.7. The lowest BCUT2D eigenvalue weighted by molar-refractivity contribution is -0.121. The van der Waals surface area contributed by atoms with Crippen molar-refractivity contribution in [3.8, 4) is 0 Å². The van der Waals surface area contributed by atoms with Gasteiger partial charge in [0.15, 0.2) is 0 Å². The SMILES string of the molecule is CC(=O)CCC(=O)Nc1cccc2[nH]c(C)cc12. The molecule has 1 amide bonds. The second-order valence-corrected chi connectivity index (χ2v) is 4.47. The zero-order valence-electron chi connectivity index (χ0n) is 10.5. The number of hydrogen-bond acceptors (Lipinski definition) is 2. The number of Topliss-reactive ketones (excluding diaryl/α,β-unsaturated/α-hetero) is 1. The Morgan fingerprint density at radius 1 is 1.28 bits per heavy atom. The Morgan fingerprint density at radius 3 is 2.78 bits per heavy atom. The number of carbonyl (C=O) groups is 2. The number of carbonyl (C=O) groups excluding carboxylic acids is 2. The summed E-state index contributed by atoms with van der Waals surface area (Å²) < 4.78 is 0. The van der Waals surface area contributed by atoms with Gasteiger partial charge in [-0.15, -0.1) is 0 Å². The summed E-state index contributed by atoms with van der Waals surface area (Å²) in [5, 5.41) is 3.83. The second kappa shape index (κ2) is 5.04. The van der Waals surface area contributed by atoms with Gasteiger partial charge in [-0.1, -0.05) is 6.07 Å². The van der Waals surface area contributed by atoms with E-state index in [2.05, 4.69) is 10.3 Å². The maximum atomic E-state index is 11.7. The van der Waals surface area contributed by atoms with E-state index in [1.165, 1.54) is 6.92 Å². The number of aryl methyl sites for hydroxylation is 1. The molecule has 4 nitrogen and oxygen atoms in total. The lowest BCUT2D eigenvalue weighted by atomic mass is 10.2. The molecule has 0 saturated heterocycles. The van der Waals surface area contributed by atoms with Gasteiger partial charge in [-0.25, -0.2) is 0 Å². The summed E-state index contributed by atoms with van der Waals surface area (Å²) in [5.41, 5.74) is 2.83. The van der Waals surface area contributed by atoms with E-state index >= 15 is 0 Å². The Labute approximate surface area is 105 Å². The van der Waals surface area contributed by atoms with Crippen LogP contribution in [-0.2, 0) is 9.59 Å². The van der Waals surface area contributed by atoms with Crippen molar-refractivity contribution in [1.82, 2.24) is 4.98 Å². The molecule has 0 fully saturated rings. The molecule has 0 atom stereocenters. The van der Waals surface area contributed by atoms with Gasteiger partial charge in [-0.3, -0.25) is 4.79 Å². The molecule has 0 aliphatic carbocycles. The first-order valence-corrected chi connectivity index (χ1v) is 5.94. The summed E-state index contributed by atoms with van der Waals surface area (Å²) >= 11 is 0. The van der Waals surface area contributed by atoms with E-state index in [-0.39, 0.29) is 24.5 Å². The Morgan fingerprint density at radius 2 is 2.06 bits per heavy atom. The van der Waals surface area contributed by atoms with Crippen molar-refractivity contribution in [2.45, 2.75) is 26.7 Å². The van der Waals surface area contributed by atoms with Crippen molar-refractivity contribution in [3.05, 3.63) is 30.0 Å². The third-order valence-corrected chi connectivity index (χ3v) is 2.78. The first-order chi connectivity index (χ1) is 8.56. The largest absolute Gasteiger partial charge is 0.359 e. The van der Waals surface area contributed by atoms with Crippen molar-refractivity contribution in [2.24, 2.45) is 0 Å². The molecule has 1 aromatic heterocycles. The summed E-state index contributed by atoms with van der Waals surface area (Å²) in [6.07, 6.45) is 0.517. The predicted octanol–water partition coefficient (Wildman–Crippen LogP) is 2.78. The number of rotatable bonds is 4. The molecular weight excluding hydrogens is 228 g/mol. The van der Waals surface area contributed by atoms with Gasteiger partial charge in [0.2, 0.25) is 5.91 Å². The van der Waals surface area contributed by atoms with E-state index in [1.54, 1.807) is 0 Å². The fraction of sp³-hybridized carbons (Fsp3) is 0.286. The average Bonchev–Trinajstić information content (AvgIpc) is 2.68. The van der Waals surface area contributed by atoms with Crippen molar-refractivity contribution in [1.29, 1.82) is 0 Å². The highest BCUT2D eigenvalue weighted by Gasteiger charge is 2.08. The Bertz CT molecular complexity index is 599. The van der Waals surface area contributed by atoms with Gasteiger partial charge < -0.3 is 15.1 Å². The first-order valence-electron chi connectivity index (χ1n) is 5.94. The monoisotopic (exact) mass is 244 g/mol. The third kappa shape index (κ3) is 2.77. The quantitative estimate of drug-likeness (QED) is 0.868. The molecule has 0 aliphatic rings. The molecule has 2 rings (SSSR count). The van der Waals surface area contributed by atoms with Crippen LogP contribution < -0.4 is 5.32 Å². The van der Waals surface area contributed by atoms with Crippen molar-refractivity contribution in [2.75, 3.05) is 5.32 Å². The van der Waals surface area contributed by atoms with E-state index in [9.17, 15) is 9.59 Å². The number of H-pyrrole nitrogens is 1. The van der Waals surface area contributed by atoms with Gasteiger partial charge in [-0.2, -0.15) is 0 Å². The summed E-state index contributed by atoms with van der Waals surface area (Å²) in [7, 11) is 0. The minimum atomic E-state index is -0.128. The fourth-order valence-corrected chi connectivity index (χ4v) is 1.91. The minimum absolute atomic E-state index is 0.0286. The number of anilines is 1. The van der Waals surface area contributed by atoms with Crippen LogP contribution in [-0.4, -0.2) is 16.7 Å².